The molecule has 2 aliphatic rings. The van der Waals surface area contributed by atoms with Gasteiger partial charge in [0.2, 0.25) is 0 Å². The lowest BCUT2D eigenvalue weighted by molar-refractivity contribution is 0.153. The van der Waals surface area contributed by atoms with Crippen molar-refractivity contribution in [1.29, 1.82) is 0 Å². The SMILES string of the molecule is C#CC1[C@H]2CN(CCOC)C[C@@H]12. The molecule has 1 aliphatic heterocycles. The van der Waals surface area contributed by atoms with Gasteiger partial charge in [0, 0.05) is 32.7 Å². The van der Waals surface area contributed by atoms with E-state index in [2.05, 4.69) is 10.8 Å². The number of fused-ring (bicyclic) bond motifs is 1. The summed E-state index contributed by atoms with van der Waals surface area (Å²) in [5.74, 6) is 5.08. The van der Waals surface area contributed by atoms with Crippen LogP contribution in [0.5, 0.6) is 0 Å². The van der Waals surface area contributed by atoms with Gasteiger partial charge in [-0.1, -0.05) is 0 Å². The fourth-order valence-electron chi connectivity index (χ4n) is 2.26. The first-order valence-electron chi connectivity index (χ1n) is 4.54. The number of rotatable bonds is 3. The van der Waals surface area contributed by atoms with Crippen molar-refractivity contribution in [3.8, 4) is 12.3 Å². The number of nitrogens with zero attached hydrogens (tertiary/aromatic N) is 1. The maximum absolute atomic E-state index is 5.38. The maximum atomic E-state index is 5.38. The van der Waals surface area contributed by atoms with Crippen LogP contribution in [0.2, 0.25) is 0 Å². The van der Waals surface area contributed by atoms with Crippen LogP contribution >= 0.6 is 0 Å². The van der Waals surface area contributed by atoms with E-state index in [1.54, 1.807) is 7.11 Å². The Labute approximate surface area is 73.9 Å². The van der Waals surface area contributed by atoms with Crippen LogP contribution in [0.4, 0.5) is 0 Å². The molecule has 1 saturated heterocycles. The third kappa shape index (κ3) is 1.24. The zero-order valence-electron chi connectivity index (χ0n) is 7.49. The summed E-state index contributed by atoms with van der Waals surface area (Å²) in [6.45, 7) is 4.31. The minimum absolute atomic E-state index is 0.601. The Morgan fingerprint density at radius 2 is 2.17 bits per heavy atom. The molecule has 2 heteroatoms. The minimum atomic E-state index is 0.601. The van der Waals surface area contributed by atoms with Crippen molar-refractivity contribution < 1.29 is 4.74 Å². The van der Waals surface area contributed by atoms with Crippen LogP contribution in [-0.2, 0) is 4.74 Å². The van der Waals surface area contributed by atoms with Crippen LogP contribution in [0.3, 0.4) is 0 Å². The van der Waals surface area contributed by atoms with Crippen molar-refractivity contribution in [3.63, 3.8) is 0 Å². The lowest BCUT2D eigenvalue weighted by Gasteiger charge is -2.17. The van der Waals surface area contributed by atoms with E-state index in [1.165, 1.54) is 13.1 Å². The van der Waals surface area contributed by atoms with Crippen LogP contribution in [0.15, 0.2) is 0 Å². The molecule has 0 radical (unpaired) electrons. The van der Waals surface area contributed by atoms with E-state index in [1.807, 2.05) is 0 Å². The normalized spacial score (nSPS) is 39.2. The molecular formula is C10H15NO. The van der Waals surface area contributed by atoms with Gasteiger partial charge in [0.1, 0.15) is 0 Å². The number of hydrogen-bond acceptors (Lipinski definition) is 2. The van der Waals surface area contributed by atoms with Crippen LogP contribution < -0.4 is 0 Å². The lowest BCUT2D eigenvalue weighted by Crippen LogP contribution is -2.27. The van der Waals surface area contributed by atoms with Crippen LogP contribution in [0.1, 0.15) is 0 Å². The Morgan fingerprint density at radius 3 is 2.67 bits per heavy atom. The minimum Gasteiger partial charge on any atom is -0.383 e. The van der Waals surface area contributed by atoms with Crippen LogP contribution in [0.25, 0.3) is 0 Å². The highest BCUT2D eigenvalue weighted by Gasteiger charge is 2.54. The third-order valence-corrected chi connectivity index (χ3v) is 3.07. The van der Waals surface area contributed by atoms with E-state index < -0.39 is 0 Å². The van der Waals surface area contributed by atoms with Gasteiger partial charge >= 0.3 is 0 Å². The molecule has 0 aromatic carbocycles. The van der Waals surface area contributed by atoms with Gasteiger partial charge in [0.15, 0.2) is 0 Å². The smallest absolute Gasteiger partial charge is 0.0589 e. The zero-order valence-corrected chi connectivity index (χ0v) is 7.49. The van der Waals surface area contributed by atoms with Gasteiger partial charge in [0.25, 0.3) is 0 Å². The highest BCUT2D eigenvalue weighted by Crippen LogP contribution is 2.50. The molecule has 0 bridgehead atoms. The Bertz CT molecular complexity index is 196. The maximum Gasteiger partial charge on any atom is 0.0589 e. The van der Waals surface area contributed by atoms with Crippen molar-refractivity contribution in [1.82, 2.24) is 4.90 Å². The second-order valence-electron chi connectivity index (χ2n) is 3.77. The first-order chi connectivity index (χ1) is 5.86. The molecule has 2 rings (SSSR count). The summed E-state index contributed by atoms with van der Waals surface area (Å²) in [6, 6.07) is 0. The van der Waals surface area contributed by atoms with Crippen molar-refractivity contribution in [3.05, 3.63) is 0 Å². The van der Waals surface area contributed by atoms with E-state index >= 15 is 0 Å². The van der Waals surface area contributed by atoms with Gasteiger partial charge in [-0.2, -0.15) is 0 Å². The van der Waals surface area contributed by atoms with Gasteiger partial charge in [-0.25, -0.2) is 0 Å². The summed E-state index contributed by atoms with van der Waals surface area (Å²) in [5, 5.41) is 0. The summed E-state index contributed by atoms with van der Waals surface area (Å²) in [5.41, 5.74) is 0. The second kappa shape index (κ2) is 3.08. The summed E-state index contributed by atoms with van der Waals surface area (Å²) >= 11 is 0. The average Bonchev–Trinajstić information content (AvgIpc) is 2.56. The molecular weight excluding hydrogens is 150 g/mol. The molecule has 66 valence electrons. The average molecular weight is 165 g/mol. The Balaban J connectivity index is 1.72. The highest BCUT2D eigenvalue weighted by molar-refractivity contribution is 5.17. The van der Waals surface area contributed by atoms with Crippen molar-refractivity contribution in [2.45, 2.75) is 0 Å². The predicted molar refractivity (Wildman–Crippen MR) is 47.6 cm³/mol. The second-order valence-corrected chi connectivity index (χ2v) is 3.77. The molecule has 0 amide bonds. The molecule has 0 aromatic heterocycles. The van der Waals surface area contributed by atoms with Gasteiger partial charge in [0.05, 0.1) is 6.61 Å². The number of piperidine rings is 1. The molecule has 0 spiro atoms. The standard InChI is InChI=1S/C10H15NO/c1-3-8-9-6-11(4-5-12-2)7-10(8)9/h1,8-10H,4-7H2,2H3/t8?,9-,10+. The lowest BCUT2D eigenvalue weighted by atomic mass is 10.3. The molecule has 0 aromatic rings. The summed E-state index contributed by atoms with van der Waals surface area (Å²) in [4.78, 5) is 2.45. The predicted octanol–water partition coefficient (Wildman–Crippen LogP) is 0.444. The monoisotopic (exact) mass is 165 g/mol. The van der Waals surface area contributed by atoms with E-state index in [9.17, 15) is 0 Å². The molecule has 1 heterocycles. The number of methoxy groups -OCH3 is 1. The molecule has 2 nitrogen and oxygen atoms in total. The number of hydrogen-bond donors (Lipinski definition) is 0. The third-order valence-electron chi connectivity index (χ3n) is 3.07. The van der Waals surface area contributed by atoms with Gasteiger partial charge in [-0.05, 0) is 11.8 Å². The molecule has 0 N–H and O–H groups in total. The first kappa shape index (κ1) is 8.10. The Morgan fingerprint density at radius 1 is 1.50 bits per heavy atom. The molecule has 2 fully saturated rings. The molecule has 1 aliphatic carbocycles. The number of likely N-dealkylation sites (tertiary alicyclic amines) is 1. The van der Waals surface area contributed by atoms with Gasteiger partial charge < -0.3 is 9.64 Å². The quantitative estimate of drug-likeness (QED) is 0.563. The van der Waals surface area contributed by atoms with E-state index in [4.69, 9.17) is 11.2 Å². The molecule has 1 unspecified atom stereocenters. The van der Waals surface area contributed by atoms with Gasteiger partial charge in [-0.15, -0.1) is 12.3 Å². The van der Waals surface area contributed by atoms with E-state index in [-0.39, 0.29) is 0 Å². The summed E-state index contributed by atoms with van der Waals surface area (Å²) in [7, 11) is 1.75. The summed E-state index contributed by atoms with van der Waals surface area (Å²) in [6.07, 6.45) is 5.38. The highest BCUT2D eigenvalue weighted by atomic mass is 16.5. The van der Waals surface area contributed by atoms with Crippen molar-refractivity contribution in [2.75, 3.05) is 33.4 Å². The zero-order chi connectivity index (χ0) is 8.55. The first-order valence-corrected chi connectivity index (χ1v) is 4.54. The molecule has 12 heavy (non-hydrogen) atoms. The van der Waals surface area contributed by atoms with Crippen molar-refractivity contribution in [2.24, 2.45) is 17.8 Å². The van der Waals surface area contributed by atoms with Crippen molar-refractivity contribution >= 4 is 0 Å². The van der Waals surface area contributed by atoms with E-state index in [0.29, 0.717) is 5.92 Å². The number of ether oxygens (including phenoxy) is 1. The largest absolute Gasteiger partial charge is 0.383 e. The topological polar surface area (TPSA) is 12.5 Å². The Kier molecular flexibility index (Phi) is 2.08. The van der Waals surface area contributed by atoms with Crippen LogP contribution in [-0.4, -0.2) is 38.3 Å². The Hall–Kier alpha value is -0.520. The summed E-state index contributed by atoms with van der Waals surface area (Å²) < 4.78 is 5.03. The molecule has 3 atom stereocenters. The van der Waals surface area contributed by atoms with Crippen LogP contribution in [0, 0.1) is 30.1 Å². The number of terminal acetylenes is 1. The van der Waals surface area contributed by atoms with Gasteiger partial charge in [-0.3, -0.25) is 0 Å². The fraction of sp³-hybridized carbons (Fsp3) is 0.800. The fourth-order valence-corrected chi connectivity index (χ4v) is 2.26. The van der Waals surface area contributed by atoms with E-state index in [0.717, 1.165) is 25.0 Å². The molecule has 1 saturated carbocycles.